The van der Waals surface area contributed by atoms with Crippen LogP contribution in [-0.2, 0) is 9.71 Å². The summed E-state index contributed by atoms with van der Waals surface area (Å²) in [6, 6.07) is 4.70. The van der Waals surface area contributed by atoms with Gasteiger partial charge in [-0.05, 0) is 11.9 Å². The van der Waals surface area contributed by atoms with Gasteiger partial charge >= 0.3 is 0 Å². The van der Waals surface area contributed by atoms with Gasteiger partial charge in [0.25, 0.3) is 5.69 Å². The summed E-state index contributed by atoms with van der Waals surface area (Å²) in [4.78, 5) is 21.3. The van der Waals surface area contributed by atoms with E-state index in [2.05, 4.69) is 5.87 Å². The minimum Gasteiger partial charge on any atom is -0.258 e. The molecule has 1 unspecified atom stereocenters. The average Bonchev–Trinajstić information content (AvgIpc) is 2.16. The lowest BCUT2D eigenvalue weighted by molar-refractivity contribution is -0.518. The van der Waals surface area contributed by atoms with Crippen LogP contribution in [0.25, 0.3) is 0 Å². The van der Waals surface area contributed by atoms with Crippen molar-refractivity contribution in [1.29, 1.82) is 0 Å². The molecule has 16 heavy (non-hydrogen) atoms. The van der Waals surface area contributed by atoms with Crippen molar-refractivity contribution in [2.24, 2.45) is 0 Å². The minimum absolute atomic E-state index is 0.0987. The Balaban J connectivity index is 3.19. The molecule has 0 amide bonds. The van der Waals surface area contributed by atoms with Gasteiger partial charge in [0.2, 0.25) is 0 Å². The fraction of sp³-hybridized carbons (Fsp3) is 0. The van der Waals surface area contributed by atoms with E-state index >= 15 is 0 Å². The molecule has 0 saturated heterocycles. The van der Waals surface area contributed by atoms with E-state index < -0.39 is 19.7 Å². The Bertz CT molecular complexity index is 539. The molecule has 1 aromatic rings. The van der Waals surface area contributed by atoms with Crippen LogP contribution in [0.3, 0.4) is 0 Å². The van der Waals surface area contributed by atoms with Gasteiger partial charge in [-0.25, -0.2) is 14.3 Å². The monoisotopic (exact) mass is 245 g/mol. The molecule has 0 bridgehead atoms. The molecule has 0 aliphatic carbocycles. The zero-order chi connectivity index (χ0) is 12.3. The normalized spacial score (nSPS) is 13.8. The van der Waals surface area contributed by atoms with Gasteiger partial charge in [-0.1, -0.05) is 10.9 Å². The van der Waals surface area contributed by atoms with Gasteiger partial charge in [-0.15, -0.1) is 0 Å². The summed E-state index contributed by atoms with van der Waals surface area (Å²) in [5.74, 6) is 3.13. The van der Waals surface area contributed by atoms with Gasteiger partial charge in [0.15, 0.2) is 5.03 Å². The summed E-state index contributed by atoms with van der Waals surface area (Å²) in [6.45, 7) is 0. The number of hydrogen-bond donors (Lipinski definition) is 1. The van der Waals surface area contributed by atoms with E-state index in [4.69, 9.17) is 0 Å². The van der Waals surface area contributed by atoms with Gasteiger partial charge in [0, 0.05) is 12.1 Å². The smallest absolute Gasteiger partial charge is 0.258 e. The summed E-state index contributed by atoms with van der Waals surface area (Å²) >= 11 is 0. The van der Waals surface area contributed by atoms with Crippen LogP contribution in [0.1, 0.15) is 0 Å². The van der Waals surface area contributed by atoms with Crippen LogP contribution >= 0.6 is 0 Å². The third kappa shape index (κ3) is 2.67. The molecule has 1 N–H and O–H groups in total. The first-order valence-corrected chi connectivity index (χ1v) is 5.59. The first-order valence-electron chi connectivity index (χ1n) is 3.86. The molecular weight excluding hydrogens is 238 g/mol. The molecule has 0 saturated carbocycles. The molecule has 9 heteroatoms. The molecule has 8 nitrogen and oxygen atoms in total. The van der Waals surface area contributed by atoms with Crippen LogP contribution < -0.4 is 4.83 Å². The summed E-state index contributed by atoms with van der Waals surface area (Å²) in [5, 5.41) is 19.6. The number of rotatable bonds is 4. The number of nitrogens with zero attached hydrogens (tertiary/aromatic N) is 2. The van der Waals surface area contributed by atoms with Gasteiger partial charge in [-0.3, -0.25) is 10.1 Å². The van der Waals surface area contributed by atoms with Gasteiger partial charge in [0.05, 0.1) is 9.82 Å². The van der Waals surface area contributed by atoms with Crippen molar-refractivity contribution >= 4 is 21.3 Å². The molecule has 1 aromatic carbocycles. The van der Waals surface area contributed by atoms with E-state index in [1.165, 1.54) is 23.0 Å². The Kier molecular flexibility index (Phi) is 3.09. The molecule has 0 heterocycles. The number of hydrazine groups is 1. The number of nitro groups is 2. The zero-order valence-corrected chi connectivity index (χ0v) is 8.68. The molecule has 0 aliphatic rings. The van der Waals surface area contributed by atoms with Crippen molar-refractivity contribution in [1.82, 2.24) is 4.83 Å². The summed E-state index contributed by atoms with van der Waals surface area (Å²) < 4.78 is 11.7. The number of nitro benzene ring substituents is 1. The Morgan fingerprint density at radius 2 is 1.94 bits per heavy atom. The van der Waals surface area contributed by atoms with E-state index in [1.807, 2.05) is 0 Å². The van der Waals surface area contributed by atoms with Crippen LogP contribution in [0.5, 0.6) is 0 Å². The molecule has 0 aromatic heterocycles. The Labute approximate surface area is 90.3 Å². The highest BCUT2D eigenvalue weighted by molar-refractivity contribution is 7.98. The van der Waals surface area contributed by atoms with Crippen LogP contribution in [0.15, 0.2) is 29.2 Å². The van der Waals surface area contributed by atoms with E-state index in [-0.39, 0.29) is 10.6 Å². The Morgan fingerprint density at radius 3 is 2.44 bits per heavy atom. The van der Waals surface area contributed by atoms with Crippen LogP contribution in [-0.4, -0.2) is 20.0 Å². The van der Waals surface area contributed by atoms with Gasteiger partial charge in [0.1, 0.15) is 9.71 Å². The minimum atomic E-state index is -3.37. The summed E-state index contributed by atoms with van der Waals surface area (Å²) in [6.07, 6.45) is 0. The van der Waals surface area contributed by atoms with E-state index in [0.717, 1.165) is 6.07 Å². The first kappa shape index (κ1) is 11.9. The van der Waals surface area contributed by atoms with Crippen molar-refractivity contribution < 1.29 is 14.2 Å². The summed E-state index contributed by atoms with van der Waals surface area (Å²) in [5.41, 5.74) is -0.306. The van der Waals surface area contributed by atoms with E-state index in [0.29, 0.717) is 0 Å². The predicted molar refractivity (Wildman–Crippen MR) is 56.8 cm³/mol. The highest BCUT2D eigenvalue weighted by atomic mass is 32.2. The topological polar surface area (TPSA) is 115 Å². The second-order valence-electron chi connectivity index (χ2n) is 2.78. The standard InChI is InChI=1S/C7H7N3O5S/c1-16(15,8-10(13)14)7-4-2-3-6(5-7)9(11)12/h2-5H,1H2,(H,8,15). The fourth-order valence-corrected chi connectivity index (χ4v) is 1.93. The third-order valence-corrected chi connectivity index (χ3v) is 3.09. The number of hydrogen-bond acceptors (Lipinski definition) is 5. The lowest BCUT2D eigenvalue weighted by atomic mass is 10.3. The highest BCUT2D eigenvalue weighted by Crippen LogP contribution is 2.16. The first-order chi connectivity index (χ1) is 7.33. The van der Waals surface area contributed by atoms with Gasteiger partial charge < -0.3 is 0 Å². The van der Waals surface area contributed by atoms with Crippen molar-refractivity contribution in [3.8, 4) is 0 Å². The molecule has 0 radical (unpaired) electrons. The van der Waals surface area contributed by atoms with Crippen molar-refractivity contribution in [3.05, 3.63) is 44.5 Å². The molecule has 0 fully saturated rings. The van der Waals surface area contributed by atoms with Crippen molar-refractivity contribution in [2.75, 3.05) is 0 Å². The highest BCUT2D eigenvalue weighted by Gasteiger charge is 2.15. The van der Waals surface area contributed by atoms with Crippen LogP contribution in [0.4, 0.5) is 5.69 Å². The average molecular weight is 245 g/mol. The molecule has 0 spiro atoms. The number of nitrogens with one attached hydrogen (secondary N) is 1. The number of non-ortho nitro benzene ring substituents is 1. The van der Waals surface area contributed by atoms with Crippen molar-refractivity contribution in [2.45, 2.75) is 4.90 Å². The molecular formula is C7H7N3O5S. The van der Waals surface area contributed by atoms with Crippen LogP contribution in [0.2, 0.25) is 0 Å². The second-order valence-corrected chi connectivity index (χ2v) is 4.78. The quantitative estimate of drug-likeness (QED) is 0.467. The number of benzene rings is 1. The maximum atomic E-state index is 11.7. The van der Waals surface area contributed by atoms with Gasteiger partial charge in [-0.2, -0.15) is 0 Å². The SMILES string of the molecule is C=S(=O)(N[N+](=O)[O-])c1cccc([N+](=O)[O-])c1. The Morgan fingerprint density at radius 1 is 1.31 bits per heavy atom. The lowest BCUT2D eigenvalue weighted by Gasteiger charge is -2.04. The summed E-state index contributed by atoms with van der Waals surface area (Å²) in [7, 11) is -3.37. The largest absolute Gasteiger partial charge is 0.270 e. The van der Waals surface area contributed by atoms with Crippen molar-refractivity contribution in [3.63, 3.8) is 0 Å². The molecule has 1 atom stereocenters. The molecule has 86 valence electrons. The second kappa shape index (κ2) is 4.14. The lowest BCUT2D eigenvalue weighted by Crippen LogP contribution is -2.29. The zero-order valence-electron chi connectivity index (χ0n) is 7.86. The Hall–Kier alpha value is -2.16. The van der Waals surface area contributed by atoms with Crippen LogP contribution in [0, 0.1) is 20.2 Å². The maximum Gasteiger partial charge on any atom is 0.270 e. The van der Waals surface area contributed by atoms with E-state index in [9.17, 15) is 24.4 Å². The molecule has 1 rings (SSSR count). The molecule has 0 aliphatic heterocycles. The van der Waals surface area contributed by atoms with E-state index in [1.54, 1.807) is 0 Å². The fourth-order valence-electron chi connectivity index (χ4n) is 0.975. The maximum absolute atomic E-state index is 11.7. The third-order valence-electron chi connectivity index (χ3n) is 1.63. The predicted octanol–water partition coefficient (Wildman–Crippen LogP) is 0.366.